The molecule has 1 fully saturated rings. The lowest BCUT2D eigenvalue weighted by Gasteiger charge is -2.34. The molecule has 31 heavy (non-hydrogen) atoms. The van der Waals surface area contributed by atoms with Gasteiger partial charge in [0.2, 0.25) is 0 Å². The third kappa shape index (κ3) is 4.71. The number of nitrogens with zero attached hydrogens (tertiary/aromatic N) is 2. The van der Waals surface area contributed by atoms with Crippen molar-refractivity contribution in [3.05, 3.63) is 83.8 Å². The number of benzene rings is 2. The van der Waals surface area contributed by atoms with Crippen LogP contribution in [-0.2, 0) is 6.61 Å². The van der Waals surface area contributed by atoms with Gasteiger partial charge in [-0.25, -0.2) is 0 Å². The Morgan fingerprint density at radius 3 is 2.23 bits per heavy atom. The van der Waals surface area contributed by atoms with Crippen LogP contribution in [0.5, 0.6) is 11.5 Å². The van der Waals surface area contributed by atoms with E-state index in [4.69, 9.17) is 13.9 Å². The lowest BCUT2D eigenvalue weighted by atomic mass is 10.1. The molecule has 2 heterocycles. The summed E-state index contributed by atoms with van der Waals surface area (Å²) in [4.78, 5) is 28.8. The van der Waals surface area contributed by atoms with Crippen molar-refractivity contribution >= 4 is 11.8 Å². The Bertz CT molecular complexity index is 1030. The number of piperazine rings is 1. The van der Waals surface area contributed by atoms with Crippen LogP contribution in [-0.4, -0.2) is 54.9 Å². The van der Waals surface area contributed by atoms with E-state index in [-0.39, 0.29) is 11.8 Å². The van der Waals surface area contributed by atoms with Crippen molar-refractivity contribution in [2.75, 3.05) is 33.3 Å². The van der Waals surface area contributed by atoms with Gasteiger partial charge >= 0.3 is 0 Å². The van der Waals surface area contributed by atoms with E-state index in [1.54, 1.807) is 47.2 Å². The van der Waals surface area contributed by atoms with E-state index in [9.17, 15) is 9.59 Å². The van der Waals surface area contributed by atoms with Crippen molar-refractivity contribution < 1.29 is 23.5 Å². The van der Waals surface area contributed by atoms with E-state index >= 15 is 0 Å². The van der Waals surface area contributed by atoms with E-state index in [1.165, 1.54) is 6.26 Å². The van der Waals surface area contributed by atoms with Gasteiger partial charge in [-0.05, 0) is 35.9 Å². The summed E-state index contributed by atoms with van der Waals surface area (Å²) in [6.45, 7) is 2.25. The first-order valence-corrected chi connectivity index (χ1v) is 10.1. The van der Waals surface area contributed by atoms with Crippen LogP contribution in [0, 0.1) is 0 Å². The number of rotatable bonds is 6. The van der Waals surface area contributed by atoms with Gasteiger partial charge in [0, 0.05) is 31.7 Å². The SMILES string of the molecule is COc1cc(C(=O)N2CCN(C(=O)c3ccco3)CC2)ccc1OCc1ccccc1. The highest BCUT2D eigenvalue weighted by molar-refractivity contribution is 5.95. The molecule has 160 valence electrons. The summed E-state index contributed by atoms with van der Waals surface area (Å²) in [5, 5.41) is 0. The van der Waals surface area contributed by atoms with Gasteiger partial charge in [-0.3, -0.25) is 9.59 Å². The summed E-state index contributed by atoms with van der Waals surface area (Å²) in [7, 11) is 1.55. The van der Waals surface area contributed by atoms with Crippen molar-refractivity contribution in [2.24, 2.45) is 0 Å². The Labute approximate surface area is 180 Å². The number of carbonyl (C=O) groups is 2. The van der Waals surface area contributed by atoms with Gasteiger partial charge < -0.3 is 23.7 Å². The number of methoxy groups -OCH3 is 1. The van der Waals surface area contributed by atoms with Gasteiger partial charge in [0.1, 0.15) is 6.61 Å². The summed E-state index contributed by atoms with van der Waals surface area (Å²) in [6.07, 6.45) is 1.48. The van der Waals surface area contributed by atoms with Gasteiger partial charge in [0.15, 0.2) is 17.3 Å². The lowest BCUT2D eigenvalue weighted by Crippen LogP contribution is -2.50. The van der Waals surface area contributed by atoms with Crippen molar-refractivity contribution in [3.8, 4) is 11.5 Å². The molecule has 0 N–H and O–H groups in total. The fourth-order valence-corrected chi connectivity index (χ4v) is 3.51. The molecule has 1 saturated heterocycles. The van der Waals surface area contributed by atoms with E-state index in [0.717, 1.165) is 5.56 Å². The molecule has 0 aliphatic carbocycles. The van der Waals surface area contributed by atoms with Crippen molar-refractivity contribution in [3.63, 3.8) is 0 Å². The minimum Gasteiger partial charge on any atom is -0.493 e. The molecule has 0 atom stereocenters. The minimum absolute atomic E-state index is 0.0991. The Balaban J connectivity index is 1.38. The number of amides is 2. The predicted octanol–water partition coefficient (Wildman–Crippen LogP) is 3.47. The highest BCUT2D eigenvalue weighted by atomic mass is 16.5. The normalized spacial score (nSPS) is 13.7. The summed E-state index contributed by atoms with van der Waals surface area (Å²) >= 11 is 0. The maximum absolute atomic E-state index is 13.0. The third-order valence-corrected chi connectivity index (χ3v) is 5.23. The average molecular weight is 420 g/mol. The Kier molecular flexibility index (Phi) is 6.21. The molecule has 7 heteroatoms. The molecule has 1 aliphatic heterocycles. The number of hydrogen-bond donors (Lipinski definition) is 0. The predicted molar refractivity (Wildman–Crippen MR) is 114 cm³/mol. The summed E-state index contributed by atoms with van der Waals surface area (Å²) < 4.78 is 16.5. The highest BCUT2D eigenvalue weighted by Crippen LogP contribution is 2.29. The zero-order valence-electron chi connectivity index (χ0n) is 17.3. The monoisotopic (exact) mass is 420 g/mol. The van der Waals surface area contributed by atoms with E-state index in [2.05, 4.69) is 0 Å². The van der Waals surface area contributed by atoms with Crippen LogP contribution in [0.2, 0.25) is 0 Å². The van der Waals surface area contributed by atoms with Crippen LogP contribution in [0.15, 0.2) is 71.3 Å². The van der Waals surface area contributed by atoms with Gasteiger partial charge in [-0.1, -0.05) is 30.3 Å². The zero-order chi connectivity index (χ0) is 21.6. The van der Waals surface area contributed by atoms with Crippen molar-refractivity contribution in [1.82, 2.24) is 9.80 Å². The molecule has 2 aromatic carbocycles. The van der Waals surface area contributed by atoms with Gasteiger partial charge in [-0.2, -0.15) is 0 Å². The highest BCUT2D eigenvalue weighted by Gasteiger charge is 2.27. The number of furan rings is 1. The quantitative estimate of drug-likeness (QED) is 0.611. The maximum Gasteiger partial charge on any atom is 0.289 e. The third-order valence-electron chi connectivity index (χ3n) is 5.23. The second kappa shape index (κ2) is 9.38. The molecule has 7 nitrogen and oxygen atoms in total. The Morgan fingerprint density at radius 2 is 1.58 bits per heavy atom. The molecule has 1 aliphatic rings. The van der Waals surface area contributed by atoms with E-state index in [0.29, 0.717) is 55.6 Å². The molecule has 3 aromatic rings. The summed E-state index contributed by atoms with van der Waals surface area (Å²) in [5.74, 6) is 1.15. The Morgan fingerprint density at radius 1 is 0.871 bits per heavy atom. The van der Waals surface area contributed by atoms with Crippen LogP contribution in [0.1, 0.15) is 26.5 Å². The first-order valence-electron chi connectivity index (χ1n) is 10.1. The topological polar surface area (TPSA) is 72.2 Å². The summed E-state index contributed by atoms with van der Waals surface area (Å²) in [5.41, 5.74) is 1.57. The molecule has 0 radical (unpaired) electrons. The van der Waals surface area contributed by atoms with Crippen molar-refractivity contribution in [1.29, 1.82) is 0 Å². The smallest absolute Gasteiger partial charge is 0.289 e. The first kappa shape index (κ1) is 20.5. The van der Waals surface area contributed by atoms with Gasteiger partial charge in [-0.15, -0.1) is 0 Å². The zero-order valence-corrected chi connectivity index (χ0v) is 17.3. The van der Waals surface area contributed by atoms with E-state index < -0.39 is 0 Å². The van der Waals surface area contributed by atoms with E-state index in [1.807, 2.05) is 30.3 Å². The van der Waals surface area contributed by atoms with Crippen LogP contribution < -0.4 is 9.47 Å². The van der Waals surface area contributed by atoms with Crippen LogP contribution in [0.4, 0.5) is 0 Å². The second-order valence-electron chi connectivity index (χ2n) is 7.20. The van der Waals surface area contributed by atoms with Crippen LogP contribution in [0.25, 0.3) is 0 Å². The molecule has 0 saturated carbocycles. The molecular weight excluding hydrogens is 396 g/mol. The standard InChI is InChI=1S/C24H24N2O5/c1-29-22-16-19(9-10-20(22)31-17-18-6-3-2-4-7-18)23(27)25-11-13-26(14-12-25)24(28)21-8-5-15-30-21/h2-10,15-16H,11-14,17H2,1H3. The lowest BCUT2D eigenvalue weighted by molar-refractivity contribution is 0.0518. The van der Waals surface area contributed by atoms with Gasteiger partial charge in [0.25, 0.3) is 11.8 Å². The number of carbonyl (C=O) groups excluding carboxylic acids is 2. The molecule has 0 bridgehead atoms. The molecular formula is C24H24N2O5. The Hall–Kier alpha value is -3.74. The maximum atomic E-state index is 13.0. The second-order valence-corrected chi connectivity index (χ2v) is 7.20. The number of ether oxygens (including phenoxy) is 2. The fraction of sp³-hybridized carbons (Fsp3) is 0.250. The molecule has 1 aromatic heterocycles. The largest absolute Gasteiger partial charge is 0.493 e. The minimum atomic E-state index is -0.154. The first-order chi connectivity index (χ1) is 15.2. The molecule has 4 rings (SSSR count). The molecule has 2 amide bonds. The molecule has 0 unspecified atom stereocenters. The average Bonchev–Trinajstić information content (AvgIpc) is 3.37. The van der Waals surface area contributed by atoms with Crippen molar-refractivity contribution in [2.45, 2.75) is 6.61 Å². The fourth-order valence-electron chi connectivity index (χ4n) is 3.51. The van der Waals surface area contributed by atoms with Crippen LogP contribution in [0.3, 0.4) is 0 Å². The van der Waals surface area contributed by atoms with Crippen LogP contribution >= 0.6 is 0 Å². The van der Waals surface area contributed by atoms with Gasteiger partial charge in [0.05, 0.1) is 13.4 Å². The molecule has 0 spiro atoms. The number of hydrogen-bond acceptors (Lipinski definition) is 5. The summed E-state index contributed by atoms with van der Waals surface area (Å²) in [6, 6.07) is 18.4.